The maximum atomic E-state index is 12.2. The highest BCUT2D eigenvalue weighted by molar-refractivity contribution is 7.09. The van der Waals surface area contributed by atoms with E-state index in [4.69, 9.17) is 11.6 Å². The van der Waals surface area contributed by atoms with Crippen LogP contribution in [0.5, 0.6) is 0 Å². The molecular weight excluding hydrogens is 358 g/mol. The Morgan fingerprint density at radius 3 is 2.68 bits per heavy atom. The van der Waals surface area contributed by atoms with Crippen LogP contribution in [0.25, 0.3) is 0 Å². The lowest BCUT2D eigenvalue weighted by Crippen LogP contribution is -2.46. The fourth-order valence-electron chi connectivity index (χ4n) is 2.23. The molecule has 2 N–H and O–H groups in total. The summed E-state index contributed by atoms with van der Waals surface area (Å²) in [5.41, 5.74) is 0.565. The first kappa shape index (κ1) is 19.4. The number of likely N-dealkylation sites (N-methyl/N-ethyl adjacent to an activating group) is 1. The fourth-order valence-corrected chi connectivity index (χ4v) is 3.12. The van der Waals surface area contributed by atoms with Crippen LogP contribution in [-0.2, 0) is 16.0 Å². The number of hydrogen-bond acceptors (Lipinski definition) is 4. The summed E-state index contributed by atoms with van der Waals surface area (Å²) >= 11 is 7.70. The van der Waals surface area contributed by atoms with Gasteiger partial charge in [-0.25, -0.2) is 0 Å². The van der Waals surface area contributed by atoms with E-state index in [0.29, 0.717) is 17.3 Å². The van der Waals surface area contributed by atoms with Gasteiger partial charge < -0.3 is 10.6 Å². The number of halogens is 1. The topological polar surface area (TPSA) is 61.4 Å². The Labute approximate surface area is 157 Å². The molecule has 1 aromatic carbocycles. The number of hydrogen-bond donors (Lipinski definition) is 2. The molecule has 2 aromatic rings. The molecule has 1 heterocycles. The second-order valence-corrected chi connectivity index (χ2v) is 7.18. The van der Waals surface area contributed by atoms with Crippen molar-refractivity contribution < 1.29 is 9.59 Å². The largest absolute Gasteiger partial charge is 0.354 e. The van der Waals surface area contributed by atoms with Crippen molar-refractivity contribution >= 4 is 40.4 Å². The molecule has 25 heavy (non-hydrogen) atoms. The molecule has 0 fully saturated rings. The zero-order chi connectivity index (χ0) is 18.2. The van der Waals surface area contributed by atoms with E-state index in [1.165, 1.54) is 4.88 Å². The summed E-state index contributed by atoms with van der Waals surface area (Å²) in [5, 5.41) is 8.16. The van der Waals surface area contributed by atoms with Crippen LogP contribution in [0.1, 0.15) is 11.8 Å². The number of thiophene rings is 1. The van der Waals surface area contributed by atoms with Gasteiger partial charge in [0.25, 0.3) is 0 Å². The zero-order valence-electron chi connectivity index (χ0n) is 14.3. The van der Waals surface area contributed by atoms with Gasteiger partial charge in [-0.2, -0.15) is 0 Å². The minimum Gasteiger partial charge on any atom is -0.354 e. The molecule has 1 aromatic heterocycles. The maximum Gasteiger partial charge on any atom is 0.238 e. The van der Waals surface area contributed by atoms with Crippen LogP contribution in [-0.4, -0.2) is 42.9 Å². The molecular formula is C18H22ClN3O2S. The monoisotopic (exact) mass is 379 g/mol. The summed E-state index contributed by atoms with van der Waals surface area (Å²) in [5.74, 6) is -0.307. The van der Waals surface area contributed by atoms with E-state index in [1.807, 2.05) is 17.5 Å². The number of amides is 2. The summed E-state index contributed by atoms with van der Waals surface area (Å²) in [6.45, 7) is 2.47. The van der Waals surface area contributed by atoms with Gasteiger partial charge in [-0.15, -0.1) is 11.3 Å². The van der Waals surface area contributed by atoms with Crippen LogP contribution < -0.4 is 10.6 Å². The number of nitrogens with zero attached hydrogens (tertiary/aromatic N) is 1. The van der Waals surface area contributed by atoms with Gasteiger partial charge in [0.15, 0.2) is 0 Å². The van der Waals surface area contributed by atoms with Gasteiger partial charge in [0.05, 0.1) is 23.3 Å². The third-order valence-electron chi connectivity index (χ3n) is 3.83. The zero-order valence-corrected chi connectivity index (χ0v) is 15.9. The number of para-hydroxylation sites is 1. The van der Waals surface area contributed by atoms with E-state index >= 15 is 0 Å². The molecule has 0 aliphatic rings. The summed E-state index contributed by atoms with van der Waals surface area (Å²) in [4.78, 5) is 27.3. The number of carbonyl (C=O) groups excluding carboxylic acids is 2. The molecule has 1 atom stereocenters. The summed E-state index contributed by atoms with van der Waals surface area (Å²) < 4.78 is 0. The molecule has 134 valence electrons. The summed E-state index contributed by atoms with van der Waals surface area (Å²) in [6.07, 6.45) is 0.812. The molecule has 0 spiro atoms. The van der Waals surface area contributed by atoms with Gasteiger partial charge >= 0.3 is 0 Å². The second kappa shape index (κ2) is 9.56. The van der Waals surface area contributed by atoms with E-state index in [2.05, 4.69) is 10.6 Å². The van der Waals surface area contributed by atoms with E-state index in [9.17, 15) is 9.59 Å². The van der Waals surface area contributed by atoms with Gasteiger partial charge in [0, 0.05) is 11.4 Å². The minimum atomic E-state index is -0.402. The highest BCUT2D eigenvalue weighted by Gasteiger charge is 2.20. The van der Waals surface area contributed by atoms with E-state index in [1.54, 1.807) is 54.5 Å². The van der Waals surface area contributed by atoms with Crippen LogP contribution in [0.3, 0.4) is 0 Å². The average Bonchev–Trinajstić information content (AvgIpc) is 3.09. The van der Waals surface area contributed by atoms with E-state index in [0.717, 1.165) is 6.42 Å². The molecule has 0 aliphatic carbocycles. The first-order valence-electron chi connectivity index (χ1n) is 8.02. The highest BCUT2D eigenvalue weighted by atomic mass is 35.5. The van der Waals surface area contributed by atoms with Crippen molar-refractivity contribution in [3.63, 3.8) is 0 Å². The average molecular weight is 380 g/mol. The van der Waals surface area contributed by atoms with Crippen molar-refractivity contribution in [2.24, 2.45) is 0 Å². The predicted octanol–water partition coefficient (Wildman–Crippen LogP) is 3.02. The van der Waals surface area contributed by atoms with Crippen molar-refractivity contribution in [2.75, 3.05) is 25.5 Å². The van der Waals surface area contributed by atoms with Crippen molar-refractivity contribution in [3.05, 3.63) is 51.7 Å². The molecule has 2 amide bonds. The Morgan fingerprint density at radius 1 is 1.24 bits per heavy atom. The summed E-state index contributed by atoms with van der Waals surface area (Å²) in [7, 11) is 1.75. The second-order valence-electron chi connectivity index (χ2n) is 5.74. The predicted molar refractivity (Wildman–Crippen MR) is 103 cm³/mol. The van der Waals surface area contributed by atoms with Crippen LogP contribution in [0.15, 0.2) is 41.8 Å². The number of anilines is 1. The smallest absolute Gasteiger partial charge is 0.238 e. The molecule has 0 bridgehead atoms. The van der Waals surface area contributed by atoms with E-state index in [-0.39, 0.29) is 18.4 Å². The highest BCUT2D eigenvalue weighted by Crippen LogP contribution is 2.20. The van der Waals surface area contributed by atoms with E-state index < -0.39 is 6.04 Å². The van der Waals surface area contributed by atoms with Crippen molar-refractivity contribution in [2.45, 2.75) is 19.4 Å². The lowest BCUT2D eigenvalue weighted by Gasteiger charge is -2.23. The summed E-state index contributed by atoms with van der Waals surface area (Å²) in [6, 6.07) is 10.7. The first-order valence-corrected chi connectivity index (χ1v) is 9.28. The Morgan fingerprint density at radius 2 is 2.00 bits per heavy atom. The third-order valence-corrected chi connectivity index (χ3v) is 5.10. The molecule has 7 heteroatoms. The Hall–Kier alpha value is -1.89. The molecule has 0 radical (unpaired) electrons. The van der Waals surface area contributed by atoms with Crippen molar-refractivity contribution in [1.29, 1.82) is 0 Å². The minimum absolute atomic E-state index is 0.0930. The van der Waals surface area contributed by atoms with Crippen LogP contribution in [0.2, 0.25) is 5.02 Å². The fraction of sp³-hybridized carbons (Fsp3) is 0.333. The number of benzene rings is 1. The lowest BCUT2D eigenvalue weighted by molar-refractivity contribution is -0.126. The van der Waals surface area contributed by atoms with Crippen LogP contribution in [0.4, 0.5) is 5.69 Å². The van der Waals surface area contributed by atoms with Gasteiger partial charge in [-0.3, -0.25) is 14.5 Å². The number of rotatable bonds is 8. The Bertz CT molecular complexity index is 706. The SMILES string of the molecule is C[C@@H](C(=O)NCCc1cccs1)N(C)CC(=O)Nc1ccccc1Cl. The van der Waals surface area contributed by atoms with Crippen LogP contribution in [0, 0.1) is 0 Å². The van der Waals surface area contributed by atoms with Crippen LogP contribution >= 0.6 is 22.9 Å². The first-order chi connectivity index (χ1) is 12.0. The van der Waals surface area contributed by atoms with Gasteiger partial charge in [-0.1, -0.05) is 29.8 Å². The van der Waals surface area contributed by atoms with Gasteiger partial charge in [-0.05, 0) is 44.0 Å². The molecule has 2 rings (SSSR count). The lowest BCUT2D eigenvalue weighted by atomic mass is 10.2. The molecule has 0 aliphatic heterocycles. The van der Waals surface area contributed by atoms with Crippen molar-refractivity contribution in [3.8, 4) is 0 Å². The standard InChI is InChI=1S/C18H22ClN3O2S/c1-13(18(24)20-10-9-14-6-5-11-25-14)22(2)12-17(23)21-16-8-4-3-7-15(16)19/h3-8,11,13H,9-10,12H2,1-2H3,(H,20,24)(H,21,23)/t13-/m0/s1. The normalized spacial score (nSPS) is 12.0. The Kier molecular flexibility index (Phi) is 7.43. The Balaban J connectivity index is 1.76. The molecule has 0 saturated heterocycles. The number of nitrogens with one attached hydrogen (secondary N) is 2. The van der Waals surface area contributed by atoms with Gasteiger partial charge in [0.2, 0.25) is 11.8 Å². The van der Waals surface area contributed by atoms with Gasteiger partial charge in [0.1, 0.15) is 0 Å². The maximum absolute atomic E-state index is 12.2. The molecule has 5 nitrogen and oxygen atoms in total. The quantitative estimate of drug-likeness (QED) is 0.741. The van der Waals surface area contributed by atoms with Crippen molar-refractivity contribution in [1.82, 2.24) is 10.2 Å². The number of carbonyl (C=O) groups is 2. The molecule has 0 unspecified atom stereocenters. The third kappa shape index (κ3) is 6.16. The molecule has 0 saturated carbocycles.